The Hall–Kier alpha value is -2.74. The minimum atomic E-state index is -0.820. The van der Waals surface area contributed by atoms with E-state index in [9.17, 15) is 13.6 Å². The maximum atomic E-state index is 13.7. The Morgan fingerprint density at radius 1 is 1.07 bits per heavy atom. The highest BCUT2D eigenvalue weighted by Gasteiger charge is 2.22. The maximum absolute atomic E-state index is 13.7. The molecule has 3 rings (SSSR count). The number of anilines is 1. The summed E-state index contributed by atoms with van der Waals surface area (Å²) in [5.74, 6) is -1.49. The fraction of sp³-hybridized carbons (Fsp3) is 0.211. The van der Waals surface area contributed by atoms with Crippen molar-refractivity contribution in [2.24, 2.45) is 0 Å². The van der Waals surface area contributed by atoms with E-state index in [0.717, 1.165) is 23.4 Å². The zero-order valence-electron chi connectivity index (χ0n) is 15.0. The predicted molar refractivity (Wildman–Crippen MR) is 101 cm³/mol. The van der Waals surface area contributed by atoms with E-state index in [2.05, 4.69) is 15.5 Å². The largest absolute Gasteiger partial charge is 0.320 e. The Kier molecular flexibility index (Phi) is 5.55. The monoisotopic (exact) mass is 388 g/mol. The van der Waals surface area contributed by atoms with Crippen molar-refractivity contribution >= 4 is 23.4 Å². The molecule has 1 amide bonds. The topological polar surface area (TPSA) is 59.8 Å². The number of amides is 1. The molecule has 0 spiro atoms. The van der Waals surface area contributed by atoms with Crippen LogP contribution in [0, 0.1) is 25.5 Å². The Balaban J connectivity index is 1.82. The van der Waals surface area contributed by atoms with Gasteiger partial charge in [-0.1, -0.05) is 36.0 Å². The highest BCUT2D eigenvalue weighted by atomic mass is 32.2. The third-order valence-electron chi connectivity index (χ3n) is 4.01. The van der Waals surface area contributed by atoms with E-state index in [0.29, 0.717) is 11.0 Å². The molecule has 0 saturated carbocycles. The SMILES string of the molecule is Cc1ccccc1-n1c(C)nnc1SC(C)C(=O)Nc1c(F)cccc1F. The van der Waals surface area contributed by atoms with Crippen LogP contribution in [0.5, 0.6) is 0 Å². The lowest BCUT2D eigenvalue weighted by Crippen LogP contribution is -2.24. The molecule has 0 saturated heterocycles. The van der Waals surface area contributed by atoms with E-state index in [4.69, 9.17) is 0 Å². The first-order valence-corrected chi connectivity index (χ1v) is 9.16. The molecule has 27 heavy (non-hydrogen) atoms. The number of aryl methyl sites for hydroxylation is 2. The van der Waals surface area contributed by atoms with Crippen LogP contribution in [-0.4, -0.2) is 25.9 Å². The number of benzene rings is 2. The van der Waals surface area contributed by atoms with E-state index in [1.54, 1.807) is 6.92 Å². The van der Waals surface area contributed by atoms with Crippen LogP contribution in [0.2, 0.25) is 0 Å². The van der Waals surface area contributed by atoms with Crippen molar-refractivity contribution in [1.29, 1.82) is 0 Å². The van der Waals surface area contributed by atoms with Crippen LogP contribution in [0.1, 0.15) is 18.3 Å². The molecule has 0 aliphatic carbocycles. The van der Waals surface area contributed by atoms with Crippen LogP contribution in [0.25, 0.3) is 5.69 Å². The van der Waals surface area contributed by atoms with Gasteiger partial charge < -0.3 is 5.32 Å². The van der Waals surface area contributed by atoms with Crippen LogP contribution in [0.3, 0.4) is 0 Å². The van der Waals surface area contributed by atoms with Crippen LogP contribution >= 0.6 is 11.8 Å². The molecular weight excluding hydrogens is 370 g/mol. The number of nitrogens with zero attached hydrogens (tertiary/aromatic N) is 3. The number of thioether (sulfide) groups is 1. The van der Waals surface area contributed by atoms with E-state index < -0.39 is 28.5 Å². The quantitative estimate of drug-likeness (QED) is 0.663. The molecule has 3 aromatic rings. The van der Waals surface area contributed by atoms with Crippen LogP contribution in [0.15, 0.2) is 47.6 Å². The Bertz CT molecular complexity index is 969. The lowest BCUT2D eigenvalue weighted by molar-refractivity contribution is -0.115. The van der Waals surface area contributed by atoms with Gasteiger partial charge in [-0.15, -0.1) is 10.2 Å². The highest BCUT2D eigenvalue weighted by Crippen LogP contribution is 2.28. The summed E-state index contributed by atoms with van der Waals surface area (Å²) in [5, 5.41) is 10.4. The van der Waals surface area contributed by atoms with Gasteiger partial charge in [0.05, 0.1) is 10.9 Å². The van der Waals surface area contributed by atoms with Gasteiger partial charge in [0.1, 0.15) is 23.1 Å². The first-order chi connectivity index (χ1) is 12.9. The minimum Gasteiger partial charge on any atom is -0.320 e. The molecule has 1 aromatic heterocycles. The van der Waals surface area contributed by atoms with E-state index >= 15 is 0 Å². The molecule has 0 aliphatic heterocycles. The van der Waals surface area contributed by atoms with Crippen LogP contribution in [-0.2, 0) is 4.79 Å². The molecule has 2 aromatic carbocycles. The molecule has 0 bridgehead atoms. The van der Waals surface area contributed by atoms with Crippen molar-refractivity contribution in [2.45, 2.75) is 31.2 Å². The van der Waals surface area contributed by atoms with Crippen molar-refractivity contribution in [3.63, 3.8) is 0 Å². The minimum absolute atomic E-state index is 0.452. The van der Waals surface area contributed by atoms with Crippen molar-refractivity contribution in [3.8, 4) is 5.69 Å². The molecule has 1 unspecified atom stereocenters. The number of rotatable bonds is 5. The van der Waals surface area contributed by atoms with E-state index in [1.807, 2.05) is 42.7 Å². The summed E-state index contributed by atoms with van der Waals surface area (Å²) in [4.78, 5) is 12.4. The van der Waals surface area contributed by atoms with Gasteiger partial charge in [-0.25, -0.2) is 8.78 Å². The number of hydrogen-bond acceptors (Lipinski definition) is 4. The molecule has 1 atom stereocenters. The number of hydrogen-bond donors (Lipinski definition) is 1. The van der Waals surface area contributed by atoms with Gasteiger partial charge in [0.2, 0.25) is 5.91 Å². The number of carbonyl (C=O) groups excluding carboxylic acids is 1. The molecule has 5 nitrogen and oxygen atoms in total. The normalized spacial score (nSPS) is 12.0. The second kappa shape index (κ2) is 7.87. The first kappa shape index (κ1) is 19.0. The average molecular weight is 388 g/mol. The van der Waals surface area contributed by atoms with E-state index in [-0.39, 0.29) is 0 Å². The second-order valence-corrected chi connectivity index (χ2v) is 7.31. The summed E-state index contributed by atoms with van der Waals surface area (Å²) in [6.45, 7) is 5.44. The molecule has 8 heteroatoms. The smallest absolute Gasteiger partial charge is 0.237 e. The zero-order chi connectivity index (χ0) is 19.6. The van der Waals surface area contributed by atoms with Crippen molar-refractivity contribution in [1.82, 2.24) is 14.8 Å². The summed E-state index contributed by atoms with van der Waals surface area (Å²) in [5.41, 5.74) is 1.49. The Morgan fingerprint density at radius 3 is 2.41 bits per heavy atom. The third kappa shape index (κ3) is 4.00. The summed E-state index contributed by atoms with van der Waals surface area (Å²) in [6, 6.07) is 11.2. The Morgan fingerprint density at radius 2 is 1.74 bits per heavy atom. The molecule has 0 radical (unpaired) electrons. The van der Waals surface area contributed by atoms with E-state index in [1.165, 1.54) is 17.8 Å². The van der Waals surface area contributed by atoms with Gasteiger partial charge in [-0.2, -0.15) is 0 Å². The standard InChI is InChI=1S/C19H18F2N4OS/c1-11-7-4-5-10-16(11)25-13(3)23-24-19(25)27-12(2)18(26)22-17-14(20)8-6-9-15(17)21/h4-10,12H,1-3H3,(H,22,26). The average Bonchev–Trinajstić information content (AvgIpc) is 2.99. The summed E-state index contributed by atoms with van der Waals surface area (Å²) in [7, 11) is 0. The first-order valence-electron chi connectivity index (χ1n) is 8.28. The number of carbonyl (C=O) groups is 1. The van der Waals surface area contributed by atoms with Gasteiger partial charge >= 0.3 is 0 Å². The van der Waals surface area contributed by atoms with Crippen molar-refractivity contribution in [2.75, 3.05) is 5.32 Å². The highest BCUT2D eigenvalue weighted by molar-refractivity contribution is 8.00. The molecule has 1 heterocycles. The molecule has 0 aliphatic rings. The van der Waals surface area contributed by atoms with Crippen LogP contribution in [0.4, 0.5) is 14.5 Å². The predicted octanol–water partition coefficient (Wildman–Crippen LogP) is 4.28. The summed E-state index contributed by atoms with van der Waals surface area (Å²) < 4.78 is 29.3. The number of halogens is 2. The molecule has 0 fully saturated rings. The van der Waals surface area contributed by atoms with Gasteiger partial charge in [-0.05, 0) is 44.5 Å². The van der Waals surface area contributed by atoms with Crippen molar-refractivity contribution < 1.29 is 13.6 Å². The maximum Gasteiger partial charge on any atom is 0.237 e. The molecule has 1 N–H and O–H groups in total. The third-order valence-corrected chi connectivity index (χ3v) is 5.06. The second-order valence-electron chi connectivity index (χ2n) is 6.00. The van der Waals surface area contributed by atoms with Gasteiger partial charge in [0.15, 0.2) is 5.16 Å². The fourth-order valence-electron chi connectivity index (χ4n) is 2.56. The number of aromatic nitrogens is 3. The van der Waals surface area contributed by atoms with Gasteiger partial charge in [-0.3, -0.25) is 9.36 Å². The van der Waals surface area contributed by atoms with Crippen molar-refractivity contribution in [3.05, 3.63) is 65.5 Å². The molecular formula is C19H18F2N4OS. The molecule has 140 valence electrons. The lowest BCUT2D eigenvalue weighted by Gasteiger charge is -2.15. The summed E-state index contributed by atoms with van der Waals surface area (Å²) in [6.07, 6.45) is 0. The lowest BCUT2D eigenvalue weighted by atomic mass is 10.2. The summed E-state index contributed by atoms with van der Waals surface area (Å²) >= 11 is 1.17. The number of para-hydroxylation sites is 2. The zero-order valence-corrected chi connectivity index (χ0v) is 15.8. The van der Waals surface area contributed by atoms with Crippen LogP contribution < -0.4 is 5.32 Å². The number of nitrogens with one attached hydrogen (secondary N) is 1. The fourth-order valence-corrected chi connectivity index (χ4v) is 3.47. The Labute approximate surface area is 159 Å². The van der Waals surface area contributed by atoms with Gasteiger partial charge in [0, 0.05) is 0 Å². The van der Waals surface area contributed by atoms with Gasteiger partial charge in [0.25, 0.3) is 0 Å².